The van der Waals surface area contributed by atoms with Crippen molar-refractivity contribution in [2.45, 2.75) is 13.0 Å². The molecule has 0 spiro atoms. The molecule has 0 atom stereocenters. The molecule has 19 heavy (non-hydrogen) atoms. The summed E-state index contributed by atoms with van der Waals surface area (Å²) in [6.45, 7) is 1.88. The van der Waals surface area contributed by atoms with Crippen LogP contribution < -0.4 is 5.32 Å². The standard InChI is InChI=1S/C16H14N2O/c17-9-11-1-4-16(19)15(7-11)13-3-2-12-5-6-18-10-14(12)8-13/h1-4,7-8,18-19H,5-6,10H2. The Morgan fingerprint density at radius 1 is 1.11 bits per heavy atom. The van der Waals surface area contributed by atoms with Crippen LogP contribution in [0.1, 0.15) is 16.7 Å². The van der Waals surface area contributed by atoms with Crippen molar-refractivity contribution in [3.8, 4) is 22.9 Å². The van der Waals surface area contributed by atoms with Gasteiger partial charge in [0.2, 0.25) is 0 Å². The fourth-order valence-electron chi connectivity index (χ4n) is 2.48. The highest BCUT2D eigenvalue weighted by molar-refractivity contribution is 5.72. The molecular formula is C16H14N2O. The minimum absolute atomic E-state index is 0.211. The lowest BCUT2D eigenvalue weighted by molar-refractivity contribution is 0.477. The Morgan fingerprint density at radius 3 is 2.84 bits per heavy atom. The molecule has 0 fully saturated rings. The number of nitrogens with one attached hydrogen (secondary N) is 1. The van der Waals surface area contributed by atoms with E-state index in [4.69, 9.17) is 5.26 Å². The van der Waals surface area contributed by atoms with Crippen LogP contribution in [0.4, 0.5) is 0 Å². The molecule has 2 aromatic rings. The number of rotatable bonds is 1. The van der Waals surface area contributed by atoms with Gasteiger partial charge in [-0.25, -0.2) is 0 Å². The molecule has 3 heteroatoms. The maximum Gasteiger partial charge on any atom is 0.123 e. The van der Waals surface area contributed by atoms with Crippen molar-refractivity contribution in [1.29, 1.82) is 5.26 Å². The summed E-state index contributed by atoms with van der Waals surface area (Å²) in [5.41, 5.74) is 4.86. The first-order valence-corrected chi connectivity index (χ1v) is 6.34. The van der Waals surface area contributed by atoms with Gasteiger partial charge >= 0.3 is 0 Å². The molecule has 2 aromatic carbocycles. The number of hydrogen-bond donors (Lipinski definition) is 2. The average molecular weight is 250 g/mol. The van der Waals surface area contributed by atoms with Gasteiger partial charge in [0.05, 0.1) is 11.6 Å². The largest absolute Gasteiger partial charge is 0.507 e. The van der Waals surface area contributed by atoms with Gasteiger partial charge in [0.15, 0.2) is 0 Å². The van der Waals surface area contributed by atoms with Gasteiger partial charge in [0, 0.05) is 12.1 Å². The highest BCUT2D eigenvalue weighted by Crippen LogP contribution is 2.31. The summed E-state index contributed by atoms with van der Waals surface area (Å²) in [5.74, 6) is 0.211. The Morgan fingerprint density at radius 2 is 2.00 bits per heavy atom. The fourth-order valence-corrected chi connectivity index (χ4v) is 2.48. The Kier molecular flexibility index (Phi) is 2.94. The van der Waals surface area contributed by atoms with Crippen LogP contribution >= 0.6 is 0 Å². The minimum Gasteiger partial charge on any atom is -0.507 e. The first kappa shape index (κ1) is 11.8. The molecule has 94 valence electrons. The van der Waals surface area contributed by atoms with E-state index in [1.807, 2.05) is 6.07 Å². The summed E-state index contributed by atoms with van der Waals surface area (Å²) in [4.78, 5) is 0. The number of nitriles is 1. The highest BCUT2D eigenvalue weighted by atomic mass is 16.3. The van der Waals surface area contributed by atoms with E-state index in [0.29, 0.717) is 11.1 Å². The number of nitrogens with zero attached hydrogens (tertiary/aromatic N) is 1. The van der Waals surface area contributed by atoms with Crippen molar-refractivity contribution < 1.29 is 5.11 Å². The van der Waals surface area contributed by atoms with Crippen LogP contribution in [-0.4, -0.2) is 11.7 Å². The van der Waals surface area contributed by atoms with Crippen LogP contribution in [0.25, 0.3) is 11.1 Å². The SMILES string of the molecule is N#Cc1ccc(O)c(-c2ccc3c(c2)CNCC3)c1. The smallest absolute Gasteiger partial charge is 0.123 e. The molecule has 0 unspecified atom stereocenters. The number of benzene rings is 2. The average Bonchev–Trinajstić information content (AvgIpc) is 2.47. The molecule has 0 aliphatic carbocycles. The number of aromatic hydroxyl groups is 1. The summed E-state index contributed by atoms with van der Waals surface area (Å²) >= 11 is 0. The monoisotopic (exact) mass is 250 g/mol. The third-order valence-electron chi connectivity index (χ3n) is 3.53. The zero-order valence-electron chi connectivity index (χ0n) is 10.5. The zero-order chi connectivity index (χ0) is 13.2. The summed E-state index contributed by atoms with van der Waals surface area (Å²) in [7, 11) is 0. The number of hydrogen-bond acceptors (Lipinski definition) is 3. The van der Waals surface area contributed by atoms with E-state index in [2.05, 4.69) is 23.5 Å². The molecule has 0 bridgehead atoms. The van der Waals surface area contributed by atoms with Gasteiger partial charge in [-0.05, 0) is 53.9 Å². The van der Waals surface area contributed by atoms with Gasteiger partial charge in [-0.1, -0.05) is 12.1 Å². The van der Waals surface area contributed by atoms with E-state index in [-0.39, 0.29) is 5.75 Å². The van der Waals surface area contributed by atoms with Crippen LogP contribution in [0.5, 0.6) is 5.75 Å². The topological polar surface area (TPSA) is 56.0 Å². The Bertz CT molecular complexity index is 671. The third kappa shape index (κ3) is 2.18. The lowest BCUT2D eigenvalue weighted by Crippen LogP contribution is -2.23. The Labute approximate surface area is 112 Å². The van der Waals surface area contributed by atoms with Gasteiger partial charge in [-0.3, -0.25) is 0 Å². The summed E-state index contributed by atoms with van der Waals surface area (Å²) in [5, 5.41) is 22.3. The van der Waals surface area contributed by atoms with E-state index < -0.39 is 0 Å². The molecule has 0 saturated heterocycles. The van der Waals surface area contributed by atoms with Gasteiger partial charge in [-0.2, -0.15) is 5.26 Å². The van der Waals surface area contributed by atoms with Crippen molar-refractivity contribution >= 4 is 0 Å². The van der Waals surface area contributed by atoms with E-state index in [1.165, 1.54) is 11.1 Å². The first-order chi connectivity index (χ1) is 9.28. The van der Waals surface area contributed by atoms with Crippen molar-refractivity contribution in [3.63, 3.8) is 0 Å². The van der Waals surface area contributed by atoms with Gasteiger partial charge in [-0.15, -0.1) is 0 Å². The van der Waals surface area contributed by atoms with E-state index in [1.54, 1.807) is 18.2 Å². The molecule has 1 heterocycles. The summed E-state index contributed by atoms with van der Waals surface area (Å²) in [6, 6.07) is 13.3. The fraction of sp³-hybridized carbons (Fsp3) is 0.188. The molecule has 1 aliphatic rings. The molecule has 3 rings (SSSR count). The second-order valence-corrected chi connectivity index (χ2v) is 4.75. The number of phenolic OH excluding ortho intramolecular Hbond substituents is 1. The Balaban J connectivity index is 2.09. The van der Waals surface area contributed by atoms with Crippen LogP contribution in [0, 0.1) is 11.3 Å². The molecule has 1 aliphatic heterocycles. The highest BCUT2D eigenvalue weighted by Gasteiger charge is 2.11. The van der Waals surface area contributed by atoms with Crippen LogP contribution in [0.2, 0.25) is 0 Å². The van der Waals surface area contributed by atoms with Gasteiger partial charge in [0.25, 0.3) is 0 Å². The molecule has 0 radical (unpaired) electrons. The normalized spacial score (nSPS) is 13.6. The zero-order valence-corrected chi connectivity index (χ0v) is 10.5. The number of phenols is 1. The maximum absolute atomic E-state index is 9.96. The van der Waals surface area contributed by atoms with Crippen molar-refractivity contribution in [1.82, 2.24) is 5.32 Å². The Hall–Kier alpha value is -2.31. The third-order valence-corrected chi connectivity index (χ3v) is 3.53. The second-order valence-electron chi connectivity index (χ2n) is 4.75. The number of fused-ring (bicyclic) bond motifs is 1. The van der Waals surface area contributed by atoms with Crippen molar-refractivity contribution in [2.75, 3.05) is 6.54 Å². The van der Waals surface area contributed by atoms with Gasteiger partial charge < -0.3 is 10.4 Å². The predicted octanol–water partition coefficient (Wildman–Crippen LogP) is 2.58. The minimum atomic E-state index is 0.211. The summed E-state index contributed by atoms with van der Waals surface area (Å²) in [6.07, 6.45) is 1.04. The van der Waals surface area contributed by atoms with Crippen LogP contribution in [0.15, 0.2) is 36.4 Å². The van der Waals surface area contributed by atoms with Crippen molar-refractivity contribution in [3.05, 3.63) is 53.1 Å². The maximum atomic E-state index is 9.96. The molecule has 3 nitrogen and oxygen atoms in total. The molecular weight excluding hydrogens is 236 g/mol. The first-order valence-electron chi connectivity index (χ1n) is 6.34. The van der Waals surface area contributed by atoms with Crippen LogP contribution in [-0.2, 0) is 13.0 Å². The molecule has 0 saturated carbocycles. The van der Waals surface area contributed by atoms with E-state index in [0.717, 1.165) is 25.1 Å². The van der Waals surface area contributed by atoms with E-state index in [9.17, 15) is 5.11 Å². The molecule has 0 aromatic heterocycles. The van der Waals surface area contributed by atoms with Crippen molar-refractivity contribution in [2.24, 2.45) is 0 Å². The van der Waals surface area contributed by atoms with Gasteiger partial charge in [0.1, 0.15) is 5.75 Å². The lowest BCUT2D eigenvalue weighted by atomic mass is 9.94. The molecule has 2 N–H and O–H groups in total. The quantitative estimate of drug-likeness (QED) is 0.818. The molecule has 0 amide bonds. The van der Waals surface area contributed by atoms with E-state index >= 15 is 0 Å². The predicted molar refractivity (Wildman–Crippen MR) is 73.7 cm³/mol. The van der Waals surface area contributed by atoms with Crippen LogP contribution in [0.3, 0.4) is 0 Å². The summed E-state index contributed by atoms with van der Waals surface area (Å²) < 4.78 is 0. The second kappa shape index (κ2) is 4.75. The lowest BCUT2D eigenvalue weighted by Gasteiger charge is -2.18.